The minimum Gasteiger partial charge on any atom is -0.392 e. The Morgan fingerprint density at radius 2 is 1.19 bits per heavy atom. The molecule has 1 aliphatic rings. The third-order valence-corrected chi connectivity index (χ3v) is 4.99. The fourth-order valence-corrected chi connectivity index (χ4v) is 3.58. The van der Waals surface area contributed by atoms with Crippen LogP contribution in [0.1, 0.15) is 11.1 Å². The summed E-state index contributed by atoms with van der Waals surface area (Å²) < 4.78 is 50.4. The molecule has 3 unspecified atom stereocenters. The first kappa shape index (κ1) is 27.1. The Labute approximate surface area is 189 Å². The van der Waals surface area contributed by atoms with Crippen molar-refractivity contribution >= 4 is 0 Å². The normalized spacial score (nSPS) is 25.8. The van der Waals surface area contributed by atoms with E-state index in [-0.39, 0.29) is 46.5 Å². The Morgan fingerprint density at radius 1 is 0.688 bits per heavy atom. The first-order chi connectivity index (χ1) is 15.7. The van der Waals surface area contributed by atoms with Crippen molar-refractivity contribution in [2.75, 3.05) is 62.2 Å². The van der Waals surface area contributed by atoms with Gasteiger partial charge in [-0.15, -0.1) is 0 Å². The van der Waals surface area contributed by atoms with Crippen molar-refractivity contribution in [2.24, 2.45) is 0 Å². The van der Waals surface area contributed by atoms with Crippen molar-refractivity contribution in [3.8, 4) is 0 Å². The highest BCUT2D eigenvalue weighted by Gasteiger charge is 2.48. The molecule has 0 saturated carbocycles. The van der Waals surface area contributed by atoms with Crippen LogP contribution in [0.15, 0.2) is 24.3 Å². The van der Waals surface area contributed by atoms with Crippen molar-refractivity contribution in [1.82, 2.24) is 0 Å². The van der Waals surface area contributed by atoms with Gasteiger partial charge in [0.05, 0.1) is 19.3 Å². The van der Waals surface area contributed by atoms with E-state index >= 15 is 0 Å². The van der Waals surface area contributed by atoms with Gasteiger partial charge in [-0.2, -0.15) is 0 Å². The van der Waals surface area contributed by atoms with Gasteiger partial charge in [0.25, 0.3) is 0 Å². The lowest BCUT2D eigenvalue weighted by Crippen LogP contribution is -2.62. The third-order valence-electron chi connectivity index (χ3n) is 4.99. The number of aliphatic hydroxyl groups is 1. The molecular weight excluding hydrogens is 424 g/mol. The Morgan fingerprint density at radius 3 is 1.72 bits per heavy atom. The summed E-state index contributed by atoms with van der Waals surface area (Å²) in [5.74, 6) is 0. The number of rotatable bonds is 16. The molecule has 1 saturated heterocycles. The van der Waals surface area contributed by atoms with E-state index < -0.39 is 24.4 Å². The molecule has 0 aliphatic carbocycles. The molecule has 0 bridgehead atoms. The lowest BCUT2D eigenvalue weighted by atomic mass is 9.91. The Bertz CT molecular complexity index is 599. The van der Waals surface area contributed by atoms with Crippen LogP contribution in [-0.4, -0.2) is 97.8 Å². The molecule has 32 heavy (non-hydrogen) atoms. The predicted molar refractivity (Wildman–Crippen MR) is 113 cm³/mol. The summed E-state index contributed by atoms with van der Waals surface area (Å²) in [7, 11) is 6.20. The maximum atomic E-state index is 9.31. The zero-order chi connectivity index (χ0) is 23.2. The highest BCUT2D eigenvalue weighted by Crippen LogP contribution is 2.30. The molecule has 1 heterocycles. The van der Waals surface area contributed by atoms with Crippen LogP contribution in [0.5, 0.6) is 0 Å². The fourth-order valence-electron chi connectivity index (χ4n) is 3.58. The lowest BCUT2D eigenvalue weighted by molar-refractivity contribution is -0.297. The summed E-state index contributed by atoms with van der Waals surface area (Å²) in [5, 5.41) is 9.31. The molecule has 1 aliphatic heterocycles. The summed E-state index contributed by atoms with van der Waals surface area (Å²) in [6, 6.07) is 7.67. The van der Waals surface area contributed by atoms with E-state index in [2.05, 4.69) is 0 Å². The molecule has 0 radical (unpaired) electrons. The largest absolute Gasteiger partial charge is 0.392 e. The van der Waals surface area contributed by atoms with Gasteiger partial charge in [-0.25, -0.2) is 0 Å². The first-order valence-electron chi connectivity index (χ1n) is 10.4. The van der Waals surface area contributed by atoms with Gasteiger partial charge in [-0.3, -0.25) is 0 Å². The maximum Gasteiger partial charge on any atom is 0.146 e. The van der Waals surface area contributed by atoms with Crippen molar-refractivity contribution in [3.05, 3.63) is 35.4 Å². The van der Waals surface area contributed by atoms with Crippen molar-refractivity contribution in [3.63, 3.8) is 0 Å². The summed E-state index contributed by atoms with van der Waals surface area (Å²) in [6.07, 6.45) is -1.89. The zero-order valence-electron chi connectivity index (χ0n) is 19.3. The predicted octanol–water partition coefficient (Wildman–Crippen LogP) is 1.08. The number of hydrogen-bond donors (Lipinski definition) is 1. The van der Waals surface area contributed by atoms with Crippen LogP contribution < -0.4 is 0 Å². The molecular formula is C22H36O10. The summed E-state index contributed by atoms with van der Waals surface area (Å²) in [6.45, 7) is 0.496. The molecule has 2 rings (SSSR count). The van der Waals surface area contributed by atoms with E-state index in [1.165, 1.54) is 0 Å². The summed E-state index contributed by atoms with van der Waals surface area (Å²) in [4.78, 5) is 0. The molecule has 1 fully saturated rings. The second-order valence-electron chi connectivity index (χ2n) is 7.28. The number of aliphatic hydroxyl groups excluding tert-OH is 1. The molecule has 5 atom stereocenters. The second kappa shape index (κ2) is 15.6. The maximum absolute atomic E-state index is 9.31. The number of methoxy groups -OCH3 is 4. The minimum atomic E-state index is -0.545. The zero-order valence-corrected chi connectivity index (χ0v) is 19.3. The van der Waals surface area contributed by atoms with E-state index in [0.29, 0.717) is 6.42 Å². The highest BCUT2D eigenvalue weighted by molar-refractivity contribution is 5.23. The molecule has 1 aromatic rings. The molecule has 10 heteroatoms. The van der Waals surface area contributed by atoms with Gasteiger partial charge in [0.15, 0.2) is 0 Å². The smallest absolute Gasteiger partial charge is 0.146 e. The van der Waals surface area contributed by atoms with E-state index in [1.807, 2.05) is 24.3 Å². The Kier molecular flexibility index (Phi) is 13.2. The molecule has 0 spiro atoms. The van der Waals surface area contributed by atoms with Crippen LogP contribution in [0.25, 0.3) is 0 Å². The molecule has 10 nitrogen and oxygen atoms in total. The van der Waals surface area contributed by atoms with Crippen LogP contribution in [0.2, 0.25) is 0 Å². The van der Waals surface area contributed by atoms with Gasteiger partial charge in [0.1, 0.15) is 51.6 Å². The van der Waals surface area contributed by atoms with Crippen LogP contribution >= 0.6 is 0 Å². The third kappa shape index (κ3) is 8.31. The minimum absolute atomic E-state index is 0.00978. The van der Waals surface area contributed by atoms with Crippen LogP contribution in [-0.2, 0) is 55.7 Å². The van der Waals surface area contributed by atoms with E-state index in [4.69, 9.17) is 42.6 Å². The second-order valence-corrected chi connectivity index (χ2v) is 7.28. The van der Waals surface area contributed by atoms with Gasteiger partial charge in [0, 0.05) is 34.9 Å². The van der Waals surface area contributed by atoms with Gasteiger partial charge in [-0.05, 0) is 11.1 Å². The SMILES string of the molecule is COCOCC1O[C@@H](Cc2ccc(CO)cc2)C(OCOC)C(OCOC)[C@@H]1OCOC. The Balaban J connectivity index is 2.29. The Hall–Kier alpha value is -1.18. The molecule has 1 aromatic carbocycles. The average Bonchev–Trinajstić information content (AvgIpc) is 2.82. The quantitative estimate of drug-likeness (QED) is 0.285. The van der Waals surface area contributed by atoms with Crippen LogP contribution in [0.4, 0.5) is 0 Å². The van der Waals surface area contributed by atoms with E-state index in [0.717, 1.165) is 11.1 Å². The van der Waals surface area contributed by atoms with Crippen LogP contribution in [0.3, 0.4) is 0 Å². The summed E-state index contributed by atoms with van der Waals surface area (Å²) in [5.41, 5.74) is 1.86. The van der Waals surface area contributed by atoms with Gasteiger partial charge in [0.2, 0.25) is 0 Å². The standard InChI is InChI=1S/C22H36O10/c1-24-12-28-11-19-21(30-14-26-3)22(31-15-27-4)20(29-13-25-2)18(32-19)9-16-5-7-17(10-23)8-6-16/h5-8,18-23H,9-15H2,1-4H3/t18-,19?,20?,21+,22?/m0/s1. The lowest BCUT2D eigenvalue weighted by Gasteiger charge is -2.46. The van der Waals surface area contributed by atoms with Crippen molar-refractivity contribution < 1.29 is 47.7 Å². The summed E-state index contributed by atoms with van der Waals surface area (Å²) >= 11 is 0. The number of ether oxygens (including phenoxy) is 9. The molecule has 1 N–H and O–H groups in total. The molecule has 0 aromatic heterocycles. The van der Waals surface area contributed by atoms with Crippen molar-refractivity contribution in [2.45, 2.75) is 43.5 Å². The fraction of sp³-hybridized carbons (Fsp3) is 0.727. The average molecular weight is 461 g/mol. The van der Waals surface area contributed by atoms with Gasteiger partial charge in [-0.1, -0.05) is 24.3 Å². The van der Waals surface area contributed by atoms with Crippen LogP contribution in [0, 0.1) is 0 Å². The molecule has 0 amide bonds. The highest BCUT2D eigenvalue weighted by atomic mass is 16.7. The van der Waals surface area contributed by atoms with Crippen molar-refractivity contribution in [1.29, 1.82) is 0 Å². The molecule has 184 valence electrons. The first-order valence-corrected chi connectivity index (χ1v) is 10.4. The number of benzene rings is 1. The van der Waals surface area contributed by atoms with Gasteiger partial charge >= 0.3 is 0 Å². The van der Waals surface area contributed by atoms with E-state index in [1.54, 1.807) is 28.4 Å². The van der Waals surface area contributed by atoms with Gasteiger partial charge < -0.3 is 47.7 Å². The number of hydrogen-bond acceptors (Lipinski definition) is 10. The topological polar surface area (TPSA) is 103 Å². The van der Waals surface area contributed by atoms with E-state index in [9.17, 15) is 5.11 Å². The monoisotopic (exact) mass is 460 g/mol.